The largest absolute Gasteiger partial charge is 0.479 e. The number of aromatic nitrogens is 3. The number of carbonyl (C=O) groups is 1. The monoisotopic (exact) mass is 448 g/mol. The van der Waals surface area contributed by atoms with Gasteiger partial charge in [0.2, 0.25) is 5.88 Å². The summed E-state index contributed by atoms with van der Waals surface area (Å²) in [5.41, 5.74) is 0.243. The summed E-state index contributed by atoms with van der Waals surface area (Å²) in [6, 6.07) is 6.42. The van der Waals surface area contributed by atoms with Crippen molar-refractivity contribution >= 4 is 22.8 Å². The van der Waals surface area contributed by atoms with Gasteiger partial charge in [-0.2, -0.15) is 13.2 Å². The molecule has 0 saturated carbocycles. The zero-order chi connectivity index (χ0) is 22.9. The molecular weight excluding hydrogens is 425 g/mol. The molecule has 1 aliphatic heterocycles. The van der Waals surface area contributed by atoms with E-state index in [4.69, 9.17) is 4.74 Å². The van der Waals surface area contributed by atoms with Gasteiger partial charge in [0.1, 0.15) is 5.82 Å². The molecule has 2 amide bonds. The quantitative estimate of drug-likeness (QED) is 0.557. The molecule has 3 aromatic rings. The molecule has 0 bridgehead atoms. The number of alkyl halides is 3. The van der Waals surface area contributed by atoms with Gasteiger partial charge in [-0.05, 0) is 31.0 Å². The smallest absolute Gasteiger partial charge is 0.416 e. The number of benzene rings is 1. The van der Waals surface area contributed by atoms with Crippen LogP contribution in [0.2, 0.25) is 0 Å². The lowest BCUT2D eigenvalue weighted by Gasteiger charge is -2.22. The van der Waals surface area contributed by atoms with Crippen LogP contribution >= 0.6 is 0 Å². The van der Waals surface area contributed by atoms with Crippen LogP contribution in [-0.4, -0.2) is 59.4 Å². The van der Waals surface area contributed by atoms with E-state index in [9.17, 15) is 18.0 Å². The molecule has 3 heterocycles. The Bertz CT molecular complexity index is 1120. The molecular formula is C21H23F3N6O2. The van der Waals surface area contributed by atoms with Gasteiger partial charge in [-0.25, -0.2) is 9.78 Å². The molecule has 0 spiro atoms. The standard InChI is InChI=1S/C21H23F3N6O2/c1-30-10-13(7-12-5-3-4-6-15(12)21(22,23)24)17(11-30)26-20(31)27-18-8-16-14(9-25-18)19(32-2)29-28-16/h3-6,8-9,13,17H,7,10-11H2,1-2H3,(H,28,29)(H2,25,26,27,31). The number of pyridine rings is 1. The maximum atomic E-state index is 13.4. The Balaban J connectivity index is 1.44. The molecule has 4 rings (SSSR count). The summed E-state index contributed by atoms with van der Waals surface area (Å²) in [5.74, 6) is 0.549. The van der Waals surface area contributed by atoms with Gasteiger partial charge in [-0.3, -0.25) is 10.4 Å². The number of urea groups is 1. The number of likely N-dealkylation sites (N-methyl/N-ethyl adjacent to an activating group) is 1. The van der Waals surface area contributed by atoms with E-state index < -0.39 is 17.8 Å². The van der Waals surface area contributed by atoms with Gasteiger partial charge in [0.25, 0.3) is 0 Å². The Hall–Kier alpha value is -3.34. The van der Waals surface area contributed by atoms with E-state index in [1.807, 2.05) is 11.9 Å². The van der Waals surface area contributed by atoms with E-state index in [0.29, 0.717) is 35.7 Å². The van der Waals surface area contributed by atoms with Gasteiger partial charge < -0.3 is 15.0 Å². The van der Waals surface area contributed by atoms with Gasteiger partial charge in [-0.15, -0.1) is 5.10 Å². The SMILES string of the molecule is COc1n[nH]c2cc(NC(=O)NC3CN(C)CC3Cc3ccccc3C(F)(F)F)ncc12. The molecule has 1 saturated heterocycles. The van der Waals surface area contributed by atoms with Gasteiger partial charge in [0.15, 0.2) is 0 Å². The van der Waals surface area contributed by atoms with E-state index in [0.717, 1.165) is 6.07 Å². The Labute approximate surface area is 182 Å². The number of carbonyl (C=O) groups excluding carboxylic acids is 1. The highest BCUT2D eigenvalue weighted by molar-refractivity contribution is 5.92. The minimum Gasteiger partial charge on any atom is -0.479 e. The fraction of sp³-hybridized carbons (Fsp3) is 0.381. The van der Waals surface area contributed by atoms with Crippen LogP contribution in [0.1, 0.15) is 11.1 Å². The van der Waals surface area contributed by atoms with Crippen LogP contribution < -0.4 is 15.4 Å². The van der Waals surface area contributed by atoms with E-state index in [-0.39, 0.29) is 23.9 Å². The number of hydrogen-bond donors (Lipinski definition) is 3. The molecule has 170 valence electrons. The molecule has 2 aromatic heterocycles. The molecule has 1 fully saturated rings. The first-order chi connectivity index (χ1) is 15.2. The van der Waals surface area contributed by atoms with E-state index >= 15 is 0 Å². The summed E-state index contributed by atoms with van der Waals surface area (Å²) < 4.78 is 45.2. The summed E-state index contributed by atoms with van der Waals surface area (Å²) in [4.78, 5) is 18.8. The topological polar surface area (TPSA) is 95.2 Å². The number of hydrogen-bond acceptors (Lipinski definition) is 5. The fourth-order valence-electron chi connectivity index (χ4n) is 4.15. The number of methoxy groups -OCH3 is 1. The lowest BCUT2D eigenvalue weighted by Crippen LogP contribution is -2.43. The first-order valence-corrected chi connectivity index (χ1v) is 10.0. The van der Waals surface area contributed by atoms with Crippen molar-refractivity contribution in [2.45, 2.75) is 18.6 Å². The van der Waals surface area contributed by atoms with Crippen molar-refractivity contribution in [3.8, 4) is 5.88 Å². The highest BCUT2D eigenvalue weighted by Crippen LogP contribution is 2.34. The molecule has 2 unspecified atom stereocenters. The van der Waals surface area contributed by atoms with Crippen molar-refractivity contribution < 1.29 is 22.7 Å². The average molecular weight is 448 g/mol. The lowest BCUT2D eigenvalue weighted by atomic mass is 9.92. The summed E-state index contributed by atoms with van der Waals surface area (Å²) >= 11 is 0. The fourth-order valence-corrected chi connectivity index (χ4v) is 4.15. The number of amides is 2. The van der Waals surface area contributed by atoms with Crippen LogP contribution in [0.3, 0.4) is 0 Å². The molecule has 1 aliphatic rings. The number of likely N-dealkylation sites (tertiary alicyclic amines) is 1. The van der Waals surface area contributed by atoms with Crippen molar-refractivity contribution in [1.29, 1.82) is 0 Å². The lowest BCUT2D eigenvalue weighted by molar-refractivity contribution is -0.138. The average Bonchev–Trinajstić information content (AvgIpc) is 3.29. The van der Waals surface area contributed by atoms with Gasteiger partial charge in [-0.1, -0.05) is 18.2 Å². The van der Waals surface area contributed by atoms with Crippen LogP contribution in [0.15, 0.2) is 36.5 Å². The zero-order valence-electron chi connectivity index (χ0n) is 17.5. The molecule has 3 N–H and O–H groups in total. The second-order valence-electron chi connectivity index (χ2n) is 7.89. The molecule has 8 nitrogen and oxygen atoms in total. The van der Waals surface area contributed by atoms with Crippen LogP contribution in [0.25, 0.3) is 10.9 Å². The minimum atomic E-state index is -4.42. The number of anilines is 1. The first kappa shape index (κ1) is 21.9. The van der Waals surface area contributed by atoms with Crippen molar-refractivity contribution in [2.24, 2.45) is 5.92 Å². The maximum absolute atomic E-state index is 13.4. The number of halogens is 3. The van der Waals surface area contributed by atoms with E-state index in [1.54, 1.807) is 12.1 Å². The number of aromatic amines is 1. The zero-order valence-corrected chi connectivity index (χ0v) is 17.5. The summed E-state index contributed by atoms with van der Waals surface area (Å²) in [7, 11) is 3.38. The first-order valence-electron chi connectivity index (χ1n) is 10.0. The second kappa shape index (κ2) is 8.65. The minimum absolute atomic E-state index is 0.165. The van der Waals surface area contributed by atoms with Gasteiger partial charge in [0.05, 0.1) is 23.6 Å². The number of nitrogens with zero attached hydrogens (tertiary/aromatic N) is 3. The molecule has 1 aromatic carbocycles. The van der Waals surface area contributed by atoms with E-state index in [2.05, 4.69) is 25.8 Å². The third-order valence-corrected chi connectivity index (χ3v) is 5.59. The van der Waals surface area contributed by atoms with Crippen LogP contribution in [0, 0.1) is 5.92 Å². The third kappa shape index (κ3) is 4.62. The number of fused-ring (bicyclic) bond motifs is 1. The summed E-state index contributed by atoms with van der Waals surface area (Å²) in [5, 5.41) is 13.0. The predicted molar refractivity (Wildman–Crippen MR) is 113 cm³/mol. The Morgan fingerprint density at radius 1 is 1.31 bits per heavy atom. The molecule has 0 aliphatic carbocycles. The second-order valence-corrected chi connectivity index (χ2v) is 7.89. The number of ether oxygens (including phenoxy) is 1. The van der Waals surface area contributed by atoms with Crippen LogP contribution in [0.4, 0.5) is 23.8 Å². The number of nitrogens with one attached hydrogen (secondary N) is 3. The highest BCUT2D eigenvalue weighted by Gasteiger charge is 2.37. The third-order valence-electron chi connectivity index (χ3n) is 5.59. The van der Waals surface area contributed by atoms with Crippen molar-refractivity contribution in [3.63, 3.8) is 0 Å². The normalized spacial score (nSPS) is 19.3. The predicted octanol–water partition coefficient (Wildman–Crippen LogP) is 3.28. The van der Waals surface area contributed by atoms with Crippen molar-refractivity contribution in [3.05, 3.63) is 47.7 Å². The van der Waals surface area contributed by atoms with Crippen LogP contribution in [-0.2, 0) is 12.6 Å². The Kier molecular flexibility index (Phi) is 5.92. The molecule has 0 radical (unpaired) electrons. The molecule has 11 heteroatoms. The number of H-pyrrole nitrogens is 1. The van der Waals surface area contributed by atoms with Crippen molar-refractivity contribution in [1.82, 2.24) is 25.4 Å². The summed E-state index contributed by atoms with van der Waals surface area (Å²) in [6.45, 7) is 1.12. The van der Waals surface area contributed by atoms with Gasteiger partial charge >= 0.3 is 12.2 Å². The Morgan fingerprint density at radius 3 is 2.84 bits per heavy atom. The Morgan fingerprint density at radius 2 is 2.09 bits per heavy atom. The highest BCUT2D eigenvalue weighted by atomic mass is 19.4. The summed E-state index contributed by atoms with van der Waals surface area (Å²) in [6.07, 6.45) is -2.67. The molecule has 32 heavy (non-hydrogen) atoms. The van der Waals surface area contributed by atoms with Gasteiger partial charge in [0, 0.05) is 31.4 Å². The maximum Gasteiger partial charge on any atom is 0.416 e. The van der Waals surface area contributed by atoms with E-state index in [1.165, 1.54) is 25.4 Å². The number of rotatable bonds is 5. The van der Waals surface area contributed by atoms with Crippen LogP contribution in [0.5, 0.6) is 5.88 Å². The molecule has 2 atom stereocenters. The van der Waals surface area contributed by atoms with Crippen molar-refractivity contribution in [2.75, 3.05) is 32.6 Å².